The number of rotatable bonds is 3. The van der Waals surface area contributed by atoms with Crippen LogP contribution in [0, 0.1) is 0 Å². The molecule has 156 valence electrons. The molecule has 2 aliphatic rings. The molecule has 0 bridgehead atoms. The molecule has 31 heavy (non-hydrogen) atoms. The monoisotopic (exact) mass is 432 g/mol. The van der Waals surface area contributed by atoms with E-state index in [1.54, 1.807) is 26.1 Å². The van der Waals surface area contributed by atoms with Crippen LogP contribution in [0.5, 0.6) is 0 Å². The molecule has 2 aromatic carbocycles. The molecule has 8 heteroatoms. The van der Waals surface area contributed by atoms with Crippen molar-refractivity contribution in [1.82, 2.24) is 9.40 Å². The summed E-state index contributed by atoms with van der Waals surface area (Å²) in [5, 5.41) is 8.21. The Labute approximate surface area is 179 Å². The van der Waals surface area contributed by atoms with Gasteiger partial charge in [0.25, 0.3) is 5.91 Å². The first-order valence-electron chi connectivity index (χ1n) is 9.92. The van der Waals surface area contributed by atoms with Gasteiger partial charge in [0.2, 0.25) is 10.0 Å². The Kier molecular flexibility index (Phi) is 4.33. The van der Waals surface area contributed by atoms with E-state index in [-0.39, 0.29) is 11.7 Å². The summed E-state index contributed by atoms with van der Waals surface area (Å²) in [7, 11) is -3.42. The number of hydrazone groups is 1. The Morgan fingerprint density at radius 2 is 1.81 bits per heavy atom. The van der Waals surface area contributed by atoms with E-state index >= 15 is 0 Å². The first-order valence-corrected chi connectivity index (χ1v) is 11.5. The zero-order valence-electron chi connectivity index (χ0n) is 17.0. The summed E-state index contributed by atoms with van der Waals surface area (Å²) < 4.78 is 26.4. The smallest absolute Gasteiger partial charge is 0.275 e. The van der Waals surface area contributed by atoms with Crippen molar-refractivity contribution in [2.75, 3.05) is 11.1 Å². The van der Waals surface area contributed by atoms with Crippen molar-refractivity contribution < 1.29 is 13.2 Å². The molecule has 0 radical (unpaired) electrons. The maximum atomic E-state index is 12.5. The molecule has 1 amide bonds. The average Bonchev–Trinajstić information content (AvgIpc) is 3.36. The molecule has 0 aliphatic carbocycles. The second-order valence-electron chi connectivity index (χ2n) is 7.41. The summed E-state index contributed by atoms with van der Waals surface area (Å²) in [5.41, 5.74) is 8.52. The SMILES string of the molecule is CCS(=O)(=O)n1ccc2c(C3=CC(=C4C(=O)NN=C4C)Nc4ccccc43)cccc21. The van der Waals surface area contributed by atoms with Gasteiger partial charge in [0.1, 0.15) is 0 Å². The van der Waals surface area contributed by atoms with Gasteiger partial charge in [-0.05, 0) is 49.3 Å². The van der Waals surface area contributed by atoms with Crippen LogP contribution in [0.2, 0.25) is 0 Å². The van der Waals surface area contributed by atoms with Gasteiger partial charge in [-0.3, -0.25) is 4.79 Å². The number of hydrogen-bond acceptors (Lipinski definition) is 5. The quantitative estimate of drug-likeness (QED) is 0.620. The molecule has 2 aliphatic heterocycles. The van der Waals surface area contributed by atoms with Gasteiger partial charge in [0.15, 0.2) is 0 Å². The van der Waals surface area contributed by atoms with Crippen LogP contribution in [-0.4, -0.2) is 29.8 Å². The Morgan fingerprint density at radius 1 is 1.03 bits per heavy atom. The van der Waals surface area contributed by atoms with Crippen molar-refractivity contribution in [2.45, 2.75) is 13.8 Å². The van der Waals surface area contributed by atoms with E-state index in [4.69, 9.17) is 0 Å². The number of fused-ring (bicyclic) bond motifs is 2. The number of nitrogens with zero attached hydrogens (tertiary/aromatic N) is 2. The van der Waals surface area contributed by atoms with E-state index < -0.39 is 10.0 Å². The van der Waals surface area contributed by atoms with E-state index in [0.717, 1.165) is 27.8 Å². The molecule has 0 fully saturated rings. The molecule has 2 N–H and O–H groups in total. The number of carbonyl (C=O) groups excluding carboxylic acids is 1. The van der Waals surface area contributed by atoms with E-state index in [1.165, 1.54) is 3.97 Å². The third-order valence-corrected chi connectivity index (χ3v) is 7.26. The molecule has 5 rings (SSSR count). The predicted octanol–water partition coefficient (Wildman–Crippen LogP) is 3.46. The normalized spacial score (nSPS) is 18.3. The fourth-order valence-electron chi connectivity index (χ4n) is 4.08. The van der Waals surface area contributed by atoms with Crippen molar-refractivity contribution >= 4 is 43.8 Å². The topological polar surface area (TPSA) is 92.6 Å². The molecule has 3 heterocycles. The summed E-state index contributed by atoms with van der Waals surface area (Å²) in [4.78, 5) is 12.4. The van der Waals surface area contributed by atoms with Crippen LogP contribution in [0.1, 0.15) is 25.0 Å². The summed E-state index contributed by atoms with van der Waals surface area (Å²) >= 11 is 0. The lowest BCUT2D eigenvalue weighted by molar-refractivity contribution is -0.116. The number of allylic oxidation sites excluding steroid dienone is 1. The van der Waals surface area contributed by atoms with Crippen LogP contribution in [0.4, 0.5) is 5.69 Å². The van der Waals surface area contributed by atoms with Crippen LogP contribution in [0.3, 0.4) is 0 Å². The fraction of sp³-hybridized carbons (Fsp3) is 0.130. The standard InChI is InChI=1S/C23H20N4O3S/c1-3-31(29,30)27-12-11-17-15(8-6-10-21(17)27)18-13-20(22-14(2)25-26-23(22)28)24-19-9-5-4-7-16(18)19/h4-13,24H,3H2,1-2H3,(H,26,28). The lowest BCUT2D eigenvalue weighted by Crippen LogP contribution is -2.19. The maximum absolute atomic E-state index is 12.5. The Morgan fingerprint density at radius 3 is 2.55 bits per heavy atom. The third kappa shape index (κ3) is 2.98. The zero-order chi connectivity index (χ0) is 21.8. The summed E-state index contributed by atoms with van der Waals surface area (Å²) in [6.45, 7) is 3.41. The number of carbonyl (C=O) groups is 1. The first-order chi connectivity index (χ1) is 14.9. The minimum atomic E-state index is -3.42. The van der Waals surface area contributed by atoms with Crippen molar-refractivity contribution in [1.29, 1.82) is 0 Å². The second-order valence-corrected chi connectivity index (χ2v) is 9.54. The molecule has 3 aromatic rings. The van der Waals surface area contributed by atoms with Gasteiger partial charge >= 0.3 is 0 Å². The lowest BCUT2D eigenvalue weighted by atomic mass is 9.90. The predicted molar refractivity (Wildman–Crippen MR) is 122 cm³/mol. The van der Waals surface area contributed by atoms with Crippen LogP contribution >= 0.6 is 0 Å². The van der Waals surface area contributed by atoms with Crippen LogP contribution in [0.25, 0.3) is 16.5 Å². The number of benzene rings is 2. The third-order valence-electron chi connectivity index (χ3n) is 5.61. The van der Waals surface area contributed by atoms with Gasteiger partial charge < -0.3 is 5.32 Å². The molecule has 7 nitrogen and oxygen atoms in total. The largest absolute Gasteiger partial charge is 0.354 e. The highest BCUT2D eigenvalue weighted by atomic mass is 32.2. The fourth-order valence-corrected chi connectivity index (χ4v) is 5.06. The maximum Gasteiger partial charge on any atom is 0.275 e. The van der Waals surface area contributed by atoms with Gasteiger partial charge in [-0.25, -0.2) is 17.8 Å². The minimum absolute atomic E-state index is 0.0143. The van der Waals surface area contributed by atoms with Gasteiger partial charge in [-0.1, -0.05) is 30.3 Å². The highest BCUT2D eigenvalue weighted by molar-refractivity contribution is 7.90. The Balaban J connectivity index is 1.79. The molecule has 0 spiro atoms. The van der Waals surface area contributed by atoms with Crippen molar-refractivity contribution in [3.63, 3.8) is 0 Å². The molecule has 0 atom stereocenters. The molecule has 0 unspecified atom stereocenters. The minimum Gasteiger partial charge on any atom is -0.354 e. The van der Waals surface area contributed by atoms with Gasteiger partial charge in [-0.2, -0.15) is 5.10 Å². The summed E-state index contributed by atoms with van der Waals surface area (Å²) in [5.74, 6) is -0.242. The number of anilines is 1. The van der Waals surface area contributed by atoms with Gasteiger partial charge in [0, 0.05) is 22.8 Å². The highest BCUT2D eigenvalue weighted by Crippen LogP contribution is 2.39. The Hall–Kier alpha value is -3.65. The number of nitrogens with one attached hydrogen (secondary N) is 2. The Bertz CT molecular complexity index is 1460. The van der Waals surface area contributed by atoms with Crippen LogP contribution in [-0.2, 0) is 14.8 Å². The number of para-hydroxylation sites is 1. The summed E-state index contributed by atoms with van der Waals surface area (Å²) in [6.07, 6.45) is 3.53. The van der Waals surface area contributed by atoms with Gasteiger partial charge in [0.05, 0.1) is 28.3 Å². The summed E-state index contributed by atoms with van der Waals surface area (Å²) in [6, 6.07) is 15.3. The van der Waals surface area contributed by atoms with E-state index in [9.17, 15) is 13.2 Å². The number of hydrogen-bond donors (Lipinski definition) is 2. The molecular formula is C23H20N4O3S. The second kappa shape index (κ2) is 6.95. The first kappa shape index (κ1) is 19.3. The molecule has 0 saturated heterocycles. The van der Waals surface area contributed by atoms with Crippen molar-refractivity contribution in [2.24, 2.45) is 5.10 Å². The lowest BCUT2D eigenvalue weighted by Gasteiger charge is -2.23. The number of amides is 1. The van der Waals surface area contributed by atoms with E-state index in [0.29, 0.717) is 22.5 Å². The van der Waals surface area contributed by atoms with Gasteiger partial charge in [-0.15, -0.1) is 0 Å². The number of aromatic nitrogens is 1. The molecular weight excluding hydrogens is 412 g/mol. The zero-order valence-corrected chi connectivity index (χ0v) is 17.8. The average molecular weight is 433 g/mol. The molecule has 1 aromatic heterocycles. The van der Waals surface area contributed by atoms with E-state index in [2.05, 4.69) is 15.8 Å². The van der Waals surface area contributed by atoms with Crippen molar-refractivity contribution in [3.8, 4) is 0 Å². The highest BCUT2D eigenvalue weighted by Gasteiger charge is 2.27. The van der Waals surface area contributed by atoms with Crippen molar-refractivity contribution in [3.05, 3.63) is 83.2 Å². The van der Waals surface area contributed by atoms with Crippen LogP contribution < -0.4 is 10.7 Å². The van der Waals surface area contributed by atoms with E-state index in [1.807, 2.05) is 48.5 Å². The van der Waals surface area contributed by atoms with Crippen LogP contribution in [0.15, 0.2) is 77.2 Å². The molecule has 0 saturated carbocycles.